The van der Waals surface area contributed by atoms with E-state index in [0.29, 0.717) is 52.5 Å². The van der Waals surface area contributed by atoms with Gasteiger partial charge in [0, 0.05) is 31.6 Å². The van der Waals surface area contributed by atoms with Crippen LogP contribution in [-0.4, -0.2) is 52.8 Å². The number of amides is 2. The number of fused-ring (bicyclic) bond motifs is 1. The van der Waals surface area contributed by atoms with Crippen molar-refractivity contribution >= 4 is 34.3 Å². The predicted octanol–water partition coefficient (Wildman–Crippen LogP) is 4.62. The molecule has 2 aliphatic heterocycles. The summed E-state index contributed by atoms with van der Waals surface area (Å²) in [7, 11) is 0. The van der Waals surface area contributed by atoms with Crippen molar-refractivity contribution < 1.29 is 14.0 Å². The van der Waals surface area contributed by atoms with Crippen molar-refractivity contribution in [1.82, 2.24) is 14.8 Å². The van der Waals surface area contributed by atoms with Gasteiger partial charge in [0.2, 0.25) is 5.91 Å². The molecule has 31 heavy (non-hydrogen) atoms. The van der Waals surface area contributed by atoms with Gasteiger partial charge in [0.1, 0.15) is 5.69 Å². The Labute approximate surface area is 185 Å². The molecular weight excluding hydrogens is 414 g/mol. The molecule has 5 rings (SSSR count). The molecule has 2 aromatic heterocycles. The zero-order valence-corrected chi connectivity index (χ0v) is 18.2. The predicted molar refractivity (Wildman–Crippen MR) is 119 cm³/mol. The van der Waals surface area contributed by atoms with E-state index in [2.05, 4.69) is 11.9 Å². The molecule has 0 bridgehead atoms. The van der Waals surface area contributed by atoms with Gasteiger partial charge in [-0.15, -0.1) is 0 Å². The van der Waals surface area contributed by atoms with Crippen molar-refractivity contribution in [2.24, 2.45) is 5.41 Å². The number of likely N-dealkylation sites (tertiary alicyclic amines) is 2. The summed E-state index contributed by atoms with van der Waals surface area (Å²) >= 11 is 6.42. The molecule has 1 spiro atoms. The Morgan fingerprint density at radius 3 is 2.84 bits per heavy atom. The van der Waals surface area contributed by atoms with E-state index in [9.17, 15) is 9.59 Å². The van der Waals surface area contributed by atoms with Crippen LogP contribution >= 0.6 is 11.6 Å². The Hall–Kier alpha value is -2.86. The number of rotatable bonds is 4. The Bertz CT molecular complexity index is 1160. The van der Waals surface area contributed by atoms with Gasteiger partial charge < -0.3 is 14.2 Å². The third-order valence-corrected chi connectivity index (χ3v) is 6.83. The molecule has 0 radical (unpaired) electrons. The maximum Gasteiger partial charge on any atom is 0.254 e. The zero-order chi connectivity index (χ0) is 21.6. The number of carbonyl (C=O) groups is 2. The molecule has 0 N–H and O–H groups in total. The van der Waals surface area contributed by atoms with Crippen LogP contribution in [0.4, 0.5) is 0 Å². The van der Waals surface area contributed by atoms with E-state index in [1.165, 1.54) is 0 Å². The molecule has 4 heterocycles. The van der Waals surface area contributed by atoms with Crippen LogP contribution in [0.3, 0.4) is 0 Å². The molecule has 160 valence electrons. The summed E-state index contributed by atoms with van der Waals surface area (Å²) in [6.45, 7) is 4.69. The number of aromatic nitrogens is 1. The van der Waals surface area contributed by atoms with Crippen LogP contribution in [0.15, 0.2) is 47.1 Å². The first-order valence-corrected chi connectivity index (χ1v) is 11.1. The number of para-hydroxylation sites is 1. The first kappa shape index (κ1) is 20.1. The molecule has 1 atom stereocenters. The number of halogens is 1. The number of benzene rings is 1. The van der Waals surface area contributed by atoms with E-state index < -0.39 is 5.41 Å². The van der Waals surface area contributed by atoms with Gasteiger partial charge in [-0.05, 0) is 43.5 Å². The van der Waals surface area contributed by atoms with Gasteiger partial charge in [-0.1, -0.05) is 30.7 Å². The highest BCUT2D eigenvalue weighted by Crippen LogP contribution is 2.41. The van der Waals surface area contributed by atoms with E-state index >= 15 is 0 Å². The molecule has 0 aliphatic carbocycles. The van der Waals surface area contributed by atoms with Crippen LogP contribution in [0.2, 0.25) is 5.02 Å². The van der Waals surface area contributed by atoms with Gasteiger partial charge in [-0.25, -0.2) is 4.98 Å². The standard InChI is InChI=1S/C24H24ClN3O3/c1-2-10-27-11-8-24(23(27)30)9-12-28(15-24)22(29)17-14-19(20-7-4-13-31-20)26-21-16(17)5-3-6-18(21)25/h3-7,13-14H,2,8-12,15H2,1H3. The minimum absolute atomic E-state index is 0.0962. The second-order valence-electron chi connectivity index (χ2n) is 8.47. The minimum Gasteiger partial charge on any atom is -0.463 e. The van der Waals surface area contributed by atoms with E-state index in [4.69, 9.17) is 16.0 Å². The SMILES string of the molecule is CCCN1CCC2(CCN(C(=O)c3cc(-c4ccco4)nc4c(Cl)cccc34)C2)C1=O. The van der Waals surface area contributed by atoms with Crippen LogP contribution < -0.4 is 0 Å². The van der Waals surface area contributed by atoms with Gasteiger partial charge in [-0.3, -0.25) is 9.59 Å². The molecule has 1 unspecified atom stereocenters. The van der Waals surface area contributed by atoms with Gasteiger partial charge in [0.25, 0.3) is 5.91 Å². The Morgan fingerprint density at radius 1 is 1.23 bits per heavy atom. The second-order valence-corrected chi connectivity index (χ2v) is 8.87. The summed E-state index contributed by atoms with van der Waals surface area (Å²) in [6, 6.07) is 10.8. The van der Waals surface area contributed by atoms with Crippen LogP contribution in [0.25, 0.3) is 22.4 Å². The molecule has 2 fully saturated rings. The molecule has 0 saturated carbocycles. The normalized spacial score (nSPS) is 21.0. The summed E-state index contributed by atoms with van der Waals surface area (Å²) in [5.41, 5.74) is 1.23. The smallest absolute Gasteiger partial charge is 0.254 e. The van der Waals surface area contributed by atoms with Crippen molar-refractivity contribution in [3.05, 3.63) is 53.2 Å². The monoisotopic (exact) mass is 437 g/mol. The van der Waals surface area contributed by atoms with Crippen molar-refractivity contribution in [1.29, 1.82) is 0 Å². The van der Waals surface area contributed by atoms with Crippen molar-refractivity contribution in [3.63, 3.8) is 0 Å². The lowest BCUT2D eigenvalue weighted by Gasteiger charge is -2.24. The van der Waals surface area contributed by atoms with Crippen LogP contribution in [-0.2, 0) is 4.79 Å². The highest BCUT2D eigenvalue weighted by molar-refractivity contribution is 6.35. The van der Waals surface area contributed by atoms with E-state index in [1.54, 1.807) is 24.5 Å². The summed E-state index contributed by atoms with van der Waals surface area (Å²) in [4.78, 5) is 35.1. The molecular formula is C24H24ClN3O3. The largest absolute Gasteiger partial charge is 0.463 e. The maximum atomic E-state index is 13.6. The molecule has 3 aromatic rings. The van der Waals surface area contributed by atoms with Gasteiger partial charge in [-0.2, -0.15) is 0 Å². The highest BCUT2D eigenvalue weighted by atomic mass is 35.5. The zero-order valence-electron chi connectivity index (χ0n) is 17.4. The summed E-state index contributed by atoms with van der Waals surface area (Å²) in [5, 5.41) is 1.19. The number of carbonyl (C=O) groups excluding carboxylic acids is 2. The Kier molecular flexibility index (Phi) is 4.97. The molecule has 2 amide bonds. The Balaban J connectivity index is 1.51. The third kappa shape index (κ3) is 3.30. The fourth-order valence-electron chi connectivity index (χ4n) is 4.91. The highest BCUT2D eigenvalue weighted by Gasteiger charge is 2.51. The fraction of sp³-hybridized carbons (Fsp3) is 0.375. The molecule has 2 saturated heterocycles. The summed E-state index contributed by atoms with van der Waals surface area (Å²) in [5.74, 6) is 0.680. The van der Waals surface area contributed by atoms with Gasteiger partial charge in [0.15, 0.2) is 5.76 Å². The van der Waals surface area contributed by atoms with E-state index in [-0.39, 0.29) is 11.8 Å². The second kappa shape index (κ2) is 7.68. The van der Waals surface area contributed by atoms with Crippen molar-refractivity contribution in [2.75, 3.05) is 26.2 Å². The van der Waals surface area contributed by atoms with E-state index in [0.717, 1.165) is 25.9 Å². The number of hydrogen-bond donors (Lipinski definition) is 0. The van der Waals surface area contributed by atoms with E-state index in [1.807, 2.05) is 28.0 Å². The van der Waals surface area contributed by atoms with Crippen molar-refractivity contribution in [2.45, 2.75) is 26.2 Å². The van der Waals surface area contributed by atoms with Crippen LogP contribution in [0.1, 0.15) is 36.5 Å². The number of nitrogens with zero attached hydrogens (tertiary/aromatic N) is 3. The quantitative estimate of drug-likeness (QED) is 0.597. The lowest BCUT2D eigenvalue weighted by molar-refractivity contribution is -0.135. The van der Waals surface area contributed by atoms with Crippen LogP contribution in [0, 0.1) is 5.41 Å². The van der Waals surface area contributed by atoms with Crippen LogP contribution in [0.5, 0.6) is 0 Å². The van der Waals surface area contributed by atoms with Crippen molar-refractivity contribution in [3.8, 4) is 11.5 Å². The summed E-state index contributed by atoms with van der Waals surface area (Å²) < 4.78 is 5.51. The average molecular weight is 438 g/mol. The molecule has 6 nitrogen and oxygen atoms in total. The number of pyridine rings is 1. The first-order valence-electron chi connectivity index (χ1n) is 10.7. The average Bonchev–Trinajstić information content (AvgIpc) is 3.52. The number of furan rings is 1. The fourth-order valence-corrected chi connectivity index (χ4v) is 5.13. The molecule has 7 heteroatoms. The Morgan fingerprint density at radius 2 is 2.06 bits per heavy atom. The molecule has 1 aromatic carbocycles. The maximum absolute atomic E-state index is 13.6. The third-order valence-electron chi connectivity index (χ3n) is 6.53. The lowest BCUT2D eigenvalue weighted by Crippen LogP contribution is -2.38. The topological polar surface area (TPSA) is 66.7 Å². The van der Waals surface area contributed by atoms with Gasteiger partial charge >= 0.3 is 0 Å². The number of hydrogen-bond acceptors (Lipinski definition) is 4. The molecule has 2 aliphatic rings. The summed E-state index contributed by atoms with van der Waals surface area (Å²) in [6.07, 6.45) is 4.06. The first-order chi connectivity index (χ1) is 15.0. The lowest BCUT2D eigenvalue weighted by atomic mass is 9.85. The minimum atomic E-state index is -0.435. The van der Waals surface area contributed by atoms with Gasteiger partial charge in [0.05, 0.1) is 27.8 Å².